The summed E-state index contributed by atoms with van der Waals surface area (Å²) in [7, 11) is 0. The maximum atomic E-state index is 13.4. The molecule has 0 fully saturated rings. The Morgan fingerprint density at radius 3 is 2.16 bits per heavy atom. The maximum absolute atomic E-state index is 13.4. The van der Waals surface area contributed by atoms with Gasteiger partial charge in [0.1, 0.15) is 11.6 Å². The number of benzene rings is 2. The molecule has 0 radical (unpaired) electrons. The standard InChI is InChI=1S/C17H16F2N2O2S2/c1-11-2-5-13(6-3-11)24-9-16(22)20-21-17(23)10-25-15-8-12(18)4-7-14(15)19/h2-8H,9-10H2,1H3,(H,20,22)(H,21,23). The first-order valence-electron chi connectivity index (χ1n) is 7.29. The van der Waals surface area contributed by atoms with Gasteiger partial charge in [-0.25, -0.2) is 8.78 Å². The number of nitrogens with one attached hydrogen (secondary N) is 2. The summed E-state index contributed by atoms with van der Waals surface area (Å²) in [6.45, 7) is 1.98. The van der Waals surface area contributed by atoms with Crippen LogP contribution in [0, 0.1) is 18.6 Å². The lowest BCUT2D eigenvalue weighted by molar-refractivity contribution is -0.126. The lowest BCUT2D eigenvalue weighted by Gasteiger charge is -2.08. The van der Waals surface area contributed by atoms with Crippen molar-refractivity contribution in [3.05, 3.63) is 59.7 Å². The molecule has 132 valence electrons. The van der Waals surface area contributed by atoms with E-state index in [1.54, 1.807) is 0 Å². The molecule has 0 aliphatic rings. The predicted octanol–water partition coefficient (Wildman–Crippen LogP) is 3.31. The molecule has 4 nitrogen and oxygen atoms in total. The normalized spacial score (nSPS) is 10.4. The second-order valence-corrected chi connectivity index (χ2v) is 7.13. The number of rotatable bonds is 6. The van der Waals surface area contributed by atoms with Crippen LogP contribution in [-0.2, 0) is 9.59 Å². The molecule has 8 heteroatoms. The van der Waals surface area contributed by atoms with Crippen LogP contribution in [0.4, 0.5) is 8.78 Å². The topological polar surface area (TPSA) is 58.2 Å². The van der Waals surface area contributed by atoms with Crippen LogP contribution in [0.15, 0.2) is 52.3 Å². The van der Waals surface area contributed by atoms with Gasteiger partial charge < -0.3 is 0 Å². The van der Waals surface area contributed by atoms with Gasteiger partial charge in [-0.2, -0.15) is 0 Å². The number of halogens is 2. The minimum absolute atomic E-state index is 0.0383. The van der Waals surface area contributed by atoms with Gasteiger partial charge in [0.15, 0.2) is 0 Å². The summed E-state index contributed by atoms with van der Waals surface area (Å²) >= 11 is 2.19. The van der Waals surface area contributed by atoms with Crippen molar-refractivity contribution < 1.29 is 18.4 Å². The summed E-state index contributed by atoms with van der Waals surface area (Å²) in [4.78, 5) is 24.3. The van der Waals surface area contributed by atoms with Gasteiger partial charge in [0, 0.05) is 9.79 Å². The van der Waals surface area contributed by atoms with Gasteiger partial charge in [0.25, 0.3) is 0 Å². The van der Waals surface area contributed by atoms with E-state index in [2.05, 4.69) is 10.9 Å². The van der Waals surface area contributed by atoms with Crippen molar-refractivity contribution in [3.63, 3.8) is 0 Å². The number of carbonyl (C=O) groups is 2. The van der Waals surface area contributed by atoms with Crippen molar-refractivity contribution in [2.24, 2.45) is 0 Å². The van der Waals surface area contributed by atoms with Crippen molar-refractivity contribution in [1.82, 2.24) is 10.9 Å². The molecule has 25 heavy (non-hydrogen) atoms. The average molecular weight is 382 g/mol. The van der Waals surface area contributed by atoms with Crippen LogP contribution in [0.5, 0.6) is 0 Å². The first-order valence-corrected chi connectivity index (χ1v) is 9.26. The summed E-state index contributed by atoms with van der Waals surface area (Å²) < 4.78 is 26.5. The minimum Gasteiger partial charge on any atom is -0.272 e. The number of hydrazine groups is 1. The van der Waals surface area contributed by atoms with Crippen LogP contribution in [0.1, 0.15) is 5.56 Å². The predicted molar refractivity (Wildman–Crippen MR) is 95.3 cm³/mol. The Morgan fingerprint density at radius 1 is 0.920 bits per heavy atom. The highest BCUT2D eigenvalue weighted by molar-refractivity contribution is 8.00. The van der Waals surface area contributed by atoms with Gasteiger partial charge in [0.2, 0.25) is 11.8 Å². The second kappa shape index (κ2) is 9.43. The fourth-order valence-electron chi connectivity index (χ4n) is 1.73. The van der Waals surface area contributed by atoms with Crippen LogP contribution < -0.4 is 10.9 Å². The molecule has 2 rings (SSSR count). The minimum atomic E-state index is -0.599. The second-order valence-electron chi connectivity index (χ2n) is 5.06. The number of thioether (sulfide) groups is 2. The van der Waals surface area contributed by atoms with Gasteiger partial charge in [-0.3, -0.25) is 20.4 Å². The number of amides is 2. The molecule has 0 unspecified atom stereocenters. The molecule has 0 aromatic heterocycles. The van der Waals surface area contributed by atoms with Crippen LogP contribution in [0.25, 0.3) is 0 Å². The molecule has 0 bridgehead atoms. The van der Waals surface area contributed by atoms with E-state index >= 15 is 0 Å². The van der Waals surface area contributed by atoms with Crippen LogP contribution in [-0.4, -0.2) is 23.3 Å². The third-order valence-electron chi connectivity index (χ3n) is 2.98. The fraction of sp³-hybridized carbons (Fsp3) is 0.176. The van der Waals surface area contributed by atoms with Gasteiger partial charge in [-0.05, 0) is 37.3 Å². The Bertz CT molecular complexity index is 755. The lowest BCUT2D eigenvalue weighted by Crippen LogP contribution is -2.43. The van der Waals surface area contributed by atoms with E-state index in [1.807, 2.05) is 31.2 Å². The van der Waals surface area contributed by atoms with E-state index < -0.39 is 17.5 Å². The third kappa shape index (κ3) is 6.75. The highest BCUT2D eigenvalue weighted by Gasteiger charge is 2.09. The zero-order valence-electron chi connectivity index (χ0n) is 13.3. The molecule has 0 spiro atoms. The molecule has 2 N–H and O–H groups in total. The Balaban J connectivity index is 1.69. The van der Waals surface area contributed by atoms with Crippen molar-refractivity contribution in [1.29, 1.82) is 0 Å². The molecule has 2 amide bonds. The summed E-state index contributed by atoms with van der Waals surface area (Å²) in [5.74, 6) is -2.05. The number of carbonyl (C=O) groups excluding carboxylic acids is 2. The number of hydrogen-bond donors (Lipinski definition) is 2. The van der Waals surface area contributed by atoms with E-state index in [4.69, 9.17) is 0 Å². The summed E-state index contributed by atoms with van der Waals surface area (Å²) in [6, 6.07) is 10.7. The number of hydrogen-bond acceptors (Lipinski definition) is 4. The quantitative estimate of drug-likeness (QED) is 0.595. The van der Waals surface area contributed by atoms with E-state index in [0.717, 1.165) is 40.4 Å². The van der Waals surface area contributed by atoms with Crippen LogP contribution in [0.3, 0.4) is 0 Å². The fourth-order valence-corrected chi connectivity index (χ4v) is 3.19. The Labute approximate surface area is 152 Å². The first kappa shape index (κ1) is 19.3. The van der Waals surface area contributed by atoms with Crippen LogP contribution in [0.2, 0.25) is 0 Å². The molecular formula is C17H16F2N2O2S2. The Kier molecular flexibility index (Phi) is 7.27. The summed E-state index contributed by atoms with van der Waals surface area (Å²) in [5.41, 5.74) is 5.66. The van der Waals surface area contributed by atoms with Gasteiger partial charge in [-0.1, -0.05) is 17.7 Å². The Morgan fingerprint density at radius 2 is 1.52 bits per heavy atom. The summed E-state index contributed by atoms with van der Waals surface area (Å²) in [5, 5.41) is 0. The Hall–Kier alpha value is -2.06. The average Bonchev–Trinajstić information content (AvgIpc) is 2.60. The van der Waals surface area contributed by atoms with E-state index in [0.29, 0.717) is 0 Å². The van der Waals surface area contributed by atoms with E-state index in [1.165, 1.54) is 11.8 Å². The van der Waals surface area contributed by atoms with Crippen molar-refractivity contribution in [2.45, 2.75) is 16.7 Å². The molecule has 0 aliphatic carbocycles. The molecule has 2 aromatic carbocycles. The van der Waals surface area contributed by atoms with Crippen molar-refractivity contribution in [2.75, 3.05) is 11.5 Å². The molecule has 0 aliphatic heterocycles. The molecule has 0 saturated heterocycles. The van der Waals surface area contributed by atoms with E-state index in [9.17, 15) is 18.4 Å². The number of aryl methyl sites for hydroxylation is 1. The molecule has 0 heterocycles. The monoisotopic (exact) mass is 382 g/mol. The molecule has 0 saturated carbocycles. The highest BCUT2D eigenvalue weighted by Crippen LogP contribution is 2.22. The van der Waals surface area contributed by atoms with E-state index in [-0.39, 0.29) is 22.3 Å². The highest BCUT2D eigenvalue weighted by atomic mass is 32.2. The lowest BCUT2D eigenvalue weighted by atomic mass is 10.2. The van der Waals surface area contributed by atoms with Crippen molar-refractivity contribution >= 4 is 35.3 Å². The van der Waals surface area contributed by atoms with Crippen molar-refractivity contribution in [3.8, 4) is 0 Å². The summed E-state index contributed by atoms with van der Waals surface area (Å²) in [6.07, 6.45) is 0. The molecule has 2 aromatic rings. The smallest absolute Gasteiger partial charge is 0.248 e. The third-order valence-corrected chi connectivity index (χ3v) is 5.03. The van der Waals surface area contributed by atoms with Gasteiger partial charge >= 0.3 is 0 Å². The van der Waals surface area contributed by atoms with Crippen LogP contribution >= 0.6 is 23.5 Å². The molecule has 0 atom stereocenters. The molecular weight excluding hydrogens is 366 g/mol. The zero-order valence-corrected chi connectivity index (χ0v) is 15.0. The maximum Gasteiger partial charge on any atom is 0.248 e. The first-order chi connectivity index (χ1) is 11.9. The zero-order chi connectivity index (χ0) is 18.2. The largest absolute Gasteiger partial charge is 0.272 e. The van der Waals surface area contributed by atoms with Gasteiger partial charge in [0.05, 0.1) is 11.5 Å². The SMILES string of the molecule is Cc1ccc(SCC(=O)NNC(=O)CSc2cc(F)ccc2F)cc1. The van der Waals surface area contributed by atoms with Gasteiger partial charge in [-0.15, -0.1) is 23.5 Å².